The Morgan fingerprint density at radius 3 is 2.68 bits per heavy atom. The molecule has 0 heterocycles. The third kappa shape index (κ3) is 3.88. The molecule has 0 fully saturated rings. The highest BCUT2D eigenvalue weighted by Crippen LogP contribution is 2.33. The summed E-state index contributed by atoms with van der Waals surface area (Å²) in [5.41, 5.74) is 2.36. The molecule has 0 radical (unpaired) electrons. The molecule has 0 N–H and O–H groups in total. The van der Waals surface area contributed by atoms with Gasteiger partial charge in [-0.1, -0.05) is 24.3 Å². The van der Waals surface area contributed by atoms with Gasteiger partial charge in [0.15, 0.2) is 0 Å². The second-order valence-corrected chi connectivity index (χ2v) is 8.39. The summed E-state index contributed by atoms with van der Waals surface area (Å²) in [6.07, 6.45) is 4.09. The monoisotopic (exact) mass is 323 g/mol. The number of rotatable bonds is 5. The van der Waals surface area contributed by atoms with Gasteiger partial charge in [-0.15, -0.1) is 0 Å². The van der Waals surface area contributed by atoms with Crippen LogP contribution in [0, 0.1) is 0 Å². The molecular weight excluding hydrogens is 298 g/mol. The van der Waals surface area contributed by atoms with Gasteiger partial charge in [0.05, 0.1) is 11.7 Å². The van der Waals surface area contributed by atoms with Crippen LogP contribution in [0.15, 0.2) is 24.3 Å². The average Bonchev–Trinajstić information content (AvgIpc) is 2.45. The first-order valence-electron chi connectivity index (χ1n) is 7.89. The molecule has 2 atom stereocenters. The molecule has 1 aromatic rings. The van der Waals surface area contributed by atoms with Gasteiger partial charge in [0.1, 0.15) is 9.84 Å². The number of benzene rings is 1. The molecule has 1 aliphatic carbocycles. The van der Waals surface area contributed by atoms with Crippen molar-refractivity contribution in [3.8, 4) is 0 Å². The summed E-state index contributed by atoms with van der Waals surface area (Å²) in [7, 11) is -3.10. The summed E-state index contributed by atoms with van der Waals surface area (Å²) in [4.78, 5) is 14.7. The van der Waals surface area contributed by atoms with E-state index in [4.69, 9.17) is 0 Å². The summed E-state index contributed by atoms with van der Waals surface area (Å²) in [6.45, 7) is 4.26. The van der Waals surface area contributed by atoms with Crippen molar-refractivity contribution < 1.29 is 13.2 Å². The van der Waals surface area contributed by atoms with Gasteiger partial charge in [-0.3, -0.25) is 4.79 Å². The topological polar surface area (TPSA) is 54.5 Å². The fraction of sp³-hybridized carbons (Fsp3) is 0.588. The third-order valence-electron chi connectivity index (χ3n) is 4.37. The molecule has 0 aromatic heterocycles. The van der Waals surface area contributed by atoms with Crippen LogP contribution in [0.3, 0.4) is 0 Å². The fourth-order valence-electron chi connectivity index (χ4n) is 3.42. The zero-order valence-corrected chi connectivity index (χ0v) is 14.4. The van der Waals surface area contributed by atoms with Crippen molar-refractivity contribution in [2.45, 2.75) is 45.1 Å². The average molecular weight is 323 g/mol. The van der Waals surface area contributed by atoms with Gasteiger partial charge in [-0.2, -0.15) is 0 Å². The van der Waals surface area contributed by atoms with Crippen LogP contribution in [-0.4, -0.2) is 43.8 Å². The van der Waals surface area contributed by atoms with Crippen LogP contribution < -0.4 is 0 Å². The Hall–Kier alpha value is -1.36. The predicted octanol–water partition coefficient (Wildman–Crippen LogP) is 2.39. The quantitative estimate of drug-likeness (QED) is 0.836. The summed E-state index contributed by atoms with van der Waals surface area (Å²) in [6, 6.07) is 7.81. The summed E-state index contributed by atoms with van der Waals surface area (Å²) in [5, 5.41) is 0. The molecular formula is C17H25NO3S. The molecule has 2 rings (SSSR count). The Morgan fingerprint density at radius 2 is 2.05 bits per heavy atom. The van der Waals surface area contributed by atoms with Crippen molar-refractivity contribution in [3.63, 3.8) is 0 Å². The fourth-order valence-corrected chi connectivity index (χ4v) is 4.48. The minimum absolute atomic E-state index is 0.0148. The van der Waals surface area contributed by atoms with E-state index in [0.717, 1.165) is 24.8 Å². The minimum atomic E-state index is -3.10. The van der Waals surface area contributed by atoms with Crippen LogP contribution in [0.25, 0.3) is 0 Å². The Balaban J connectivity index is 2.23. The molecule has 1 aromatic carbocycles. The van der Waals surface area contributed by atoms with Crippen molar-refractivity contribution in [3.05, 3.63) is 35.4 Å². The van der Waals surface area contributed by atoms with E-state index < -0.39 is 9.84 Å². The number of amides is 1. The first-order chi connectivity index (χ1) is 10.3. The zero-order valence-electron chi connectivity index (χ0n) is 13.6. The van der Waals surface area contributed by atoms with E-state index in [9.17, 15) is 13.2 Å². The number of aryl methyl sites for hydroxylation is 1. The van der Waals surface area contributed by atoms with Crippen LogP contribution in [-0.2, 0) is 21.1 Å². The molecule has 0 bridgehead atoms. The van der Waals surface area contributed by atoms with Gasteiger partial charge in [0.25, 0.3) is 0 Å². The zero-order chi connectivity index (χ0) is 16.3. The molecule has 1 amide bonds. The van der Waals surface area contributed by atoms with Gasteiger partial charge in [0, 0.05) is 18.8 Å². The van der Waals surface area contributed by atoms with E-state index in [2.05, 4.69) is 6.07 Å². The predicted molar refractivity (Wildman–Crippen MR) is 88.7 cm³/mol. The largest absolute Gasteiger partial charge is 0.339 e. The molecule has 122 valence electrons. The maximum Gasteiger partial charge on any atom is 0.230 e. The van der Waals surface area contributed by atoms with Crippen LogP contribution in [0.1, 0.15) is 43.7 Å². The van der Waals surface area contributed by atoms with Crippen molar-refractivity contribution in [1.82, 2.24) is 4.90 Å². The normalized spacial score (nSPS) is 19.3. The molecule has 0 saturated carbocycles. The lowest BCUT2D eigenvalue weighted by Gasteiger charge is -2.33. The van der Waals surface area contributed by atoms with E-state index in [1.807, 2.05) is 32.0 Å². The van der Waals surface area contributed by atoms with Crippen LogP contribution in [0.5, 0.6) is 0 Å². The van der Waals surface area contributed by atoms with Gasteiger partial charge < -0.3 is 4.90 Å². The Bertz CT molecular complexity index is 639. The number of likely N-dealkylation sites (N-methyl/N-ethyl adjacent to an activating group) is 1. The summed E-state index contributed by atoms with van der Waals surface area (Å²) in [5.74, 6) is -0.0567. The number of fused-ring (bicyclic) bond motifs is 1. The Morgan fingerprint density at radius 1 is 1.36 bits per heavy atom. The van der Waals surface area contributed by atoms with Gasteiger partial charge in [-0.05, 0) is 44.2 Å². The van der Waals surface area contributed by atoms with Crippen LogP contribution in [0.2, 0.25) is 0 Å². The lowest BCUT2D eigenvalue weighted by molar-refractivity contribution is -0.134. The van der Waals surface area contributed by atoms with E-state index in [1.165, 1.54) is 11.8 Å². The molecule has 0 saturated heterocycles. The summed E-state index contributed by atoms with van der Waals surface area (Å²) < 4.78 is 23.0. The second kappa shape index (κ2) is 6.82. The molecule has 0 aliphatic heterocycles. The van der Waals surface area contributed by atoms with E-state index in [0.29, 0.717) is 6.54 Å². The lowest BCUT2D eigenvalue weighted by atomic mass is 9.82. The maximum atomic E-state index is 13.0. The number of carbonyl (C=O) groups is 1. The number of nitrogens with zero attached hydrogens (tertiary/aromatic N) is 1. The van der Waals surface area contributed by atoms with Gasteiger partial charge in [0.2, 0.25) is 5.91 Å². The molecule has 22 heavy (non-hydrogen) atoms. The molecule has 1 aliphatic rings. The molecule has 0 unspecified atom stereocenters. The first kappa shape index (κ1) is 17.0. The number of hydrogen-bond donors (Lipinski definition) is 0. The standard InChI is InChI=1S/C17H25NO3S/c1-4-18(13(2)12-22(3,20)21)17(19)16-11-7-9-14-8-5-6-10-15(14)16/h5-6,8,10,13,16H,4,7,9,11-12H2,1-3H3/t13-,16+/m1/s1. The maximum absolute atomic E-state index is 13.0. The van der Waals surface area contributed by atoms with Crippen molar-refractivity contribution in [1.29, 1.82) is 0 Å². The second-order valence-electron chi connectivity index (χ2n) is 6.21. The van der Waals surface area contributed by atoms with Crippen LogP contribution in [0.4, 0.5) is 0 Å². The van der Waals surface area contributed by atoms with Crippen LogP contribution >= 0.6 is 0 Å². The lowest BCUT2D eigenvalue weighted by Crippen LogP contribution is -2.45. The highest BCUT2D eigenvalue weighted by molar-refractivity contribution is 7.90. The van der Waals surface area contributed by atoms with Gasteiger partial charge in [-0.25, -0.2) is 8.42 Å². The van der Waals surface area contributed by atoms with Crippen molar-refractivity contribution >= 4 is 15.7 Å². The smallest absolute Gasteiger partial charge is 0.230 e. The number of hydrogen-bond acceptors (Lipinski definition) is 3. The number of carbonyl (C=O) groups excluding carboxylic acids is 1. The first-order valence-corrected chi connectivity index (χ1v) is 9.95. The van der Waals surface area contributed by atoms with Gasteiger partial charge >= 0.3 is 0 Å². The van der Waals surface area contributed by atoms with E-state index >= 15 is 0 Å². The Kier molecular flexibility index (Phi) is 5.27. The molecule has 4 nitrogen and oxygen atoms in total. The van der Waals surface area contributed by atoms with E-state index in [-0.39, 0.29) is 23.6 Å². The SMILES string of the molecule is CCN(C(=O)[C@H]1CCCc2ccccc21)[C@H](C)CS(C)(=O)=O. The highest BCUT2D eigenvalue weighted by Gasteiger charge is 2.32. The summed E-state index contributed by atoms with van der Waals surface area (Å²) >= 11 is 0. The minimum Gasteiger partial charge on any atom is -0.339 e. The molecule has 5 heteroatoms. The molecule has 0 spiro atoms. The highest BCUT2D eigenvalue weighted by atomic mass is 32.2. The Labute approximate surface area is 133 Å². The number of sulfone groups is 1. The third-order valence-corrected chi connectivity index (χ3v) is 5.46. The van der Waals surface area contributed by atoms with Crippen molar-refractivity contribution in [2.24, 2.45) is 0 Å². The van der Waals surface area contributed by atoms with Crippen molar-refractivity contribution in [2.75, 3.05) is 18.6 Å². The van der Waals surface area contributed by atoms with E-state index in [1.54, 1.807) is 4.90 Å².